The molecule has 0 unspecified atom stereocenters. The number of aromatic nitrogens is 2. The average Bonchev–Trinajstić information content (AvgIpc) is 2.59. The molecule has 0 atom stereocenters. The van der Waals surface area contributed by atoms with Crippen molar-refractivity contribution in [1.29, 1.82) is 0 Å². The highest BCUT2D eigenvalue weighted by Crippen LogP contribution is 2.11. The first-order valence-electron chi connectivity index (χ1n) is 8.70. The molecule has 1 aromatic heterocycles. The van der Waals surface area contributed by atoms with Gasteiger partial charge in [0.25, 0.3) is 5.56 Å². The molecule has 1 aliphatic heterocycles. The van der Waals surface area contributed by atoms with E-state index < -0.39 is 0 Å². The van der Waals surface area contributed by atoms with E-state index in [1.165, 1.54) is 18.2 Å². The quantitative estimate of drug-likeness (QED) is 0.821. The standard InChI is InChI=1S/C19H26N4O2/c1-15-5-4-6-16(11-15)13-22-7-9-23(10-8-22)14-17-12-18(24)21(3)19(25)20(17)2/h4-6,11-12H,7-10,13-14H2,1-3H3. The lowest BCUT2D eigenvalue weighted by Gasteiger charge is -2.35. The third-order valence-electron chi connectivity index (χ3n) is 4.96. The summed E-state index contributed by atoms with van der Waals surface area (Å²) in [7, 11) is 3.24. The van der Waals surface area contributed by atoms with Crippen LogP contribution in [0.1, 0.15) is 16.8 Å². The molecule has 3 rings (SSSR count). The van der Waals surface area contributed by atoms with Gasteiger partial charge in [0.2, 0.25) is 0 Å². The van der Waals surface area contributed by atoms with Crippen LogP contribution in [0.3, 0.4) is 0 Å². The highest BCUT2D eigenvalue weighted by Gasteiger charge is 2.18. The van der Waals surface area contributed by atoms with E-state index in [4.69, 9.17) is 0 Å². The summed E-state index contributed by atoms with van der Waals surface area (Å²) in [5, 5.41) is 0. The van der Waals surface area contributed by atoms with Gasteiger partial charge < -0.3 is 0 Å². The second-order valence-corrected chi connectivity index (χ2v) is 6.92. The fourth-order valence-corrected chi connectivity index (χ4v) is 3.33. The lowest BCUT2D eigenvalue weighted by Crippen LogP contribution is -2.46. The molecule has 0 N–H and O–H groups in total. The molecule has 0 spiro atoms. The summed E-state index contributed by atoms with van der Waals surface area (Å²) in [4.78, 5) is 28.7. The Balaban J connectivity index is 1.60. The summed E-state index contributed by atoms with van der Waals surface area (Å²) in [5.74, 6) is 0. The van der Waals surface area contributed by atoms with E-state index in [0.29, 0.717) is 6.54 Å². The molecule has 1 aliphatic rings. The lowest BCUT2D eigenvalue weighted by molar-refractivity contribution is 0.120. The van der Waals surface area contributed by atoms with Gasteiger partial charge in [-0.25, -0.2) is 4.79 Å². The van der Waals surface area contributed by atoms with Crippen LogP contribution < -0.4 is 11.2 Å². The van der Waals surface area contributed by atoms with Crippen LogP contribution in [-0.4, -0.2) is 45.1 Å². The first kappa shape index (κ1) is 17.6. The van der Waals surface area contributed by atoms with Gasteiger partial charge in [-0.05, 0) is 12.5 Å². The number of rotatable bonds is 4. The molecule has 1 aromatic carbocycles. The topological polar surface area (TPSA) is 50.5 Å². The minimum absolute atomic E-state index is 0.240. The Hall–Kier alpha value is -2.18. The van der Waals surface area contributed by atoms with Crippen molar-refractivity contribution in [2.45, 2.75) is 20.0 Å². The van der Waals surface area contributed by atoms with Crippen molar-refractivity contribution in [2.24, 2.45) is 14.1 Å². The van der Waals surface area contributed by atoms with Crippen LogP contribution in [0, 0.1) is 6.92 Å². The lowest BCUT2D eigenvalue weighted by atomic mass is 10.1. The van der Waals surface area contributed by atoms with Crippen LogP contribution in [0.4, 0.5) is 0 Å². The number of piperazine rings is 1. The SMILES string of the molecule is Cc1cccc(CN2CCN(Cc3cc(=O)n(C)c(=O)n3C)CC2)c1. The Morgan fingerprint density at radius 3 is 2.16 bits per heavy atom. The normalized spacial score (nSPS) is 16.3. The van der Waals surface area contributed by atoms with E-state index in [1.807, 2.05) is 0 Å². The first-order chi connectivity index (χ1) is 11.9. The Morgan fingerprint density at radius 1 is 0.880 bits per heavy atom. The van der Waals surface area contributed by atoms with Crippen molar-refractivity contribution < 1.29 is 0 Å². The second-order valence-electron chi connectivity index (χ2n) is 6.92. The predicted molar refractivity (Wildman–Crippen MR) is 98.7 cm³/mol. The van der Waals surface area contributed by atoms with Crippen molar-refractivity contribution in [3.05, 3.63) is 68.0 Å². The van der Waals surface area contributed by atoms with Crippen LogP contribution >= 0.6 is 0 Å². The molecule has 2 heterocycles. The smallest absolute Gasteiger partial charge is 0.299 e. The maximum Gasteiger partial charge on any atom is 0.330 e. The van der Waals surface area contributed by atoms with Gasteiger partial charge in [0.05, 0.1) is 0 Å². The number of aryl methyl sites for hydroxylation is 1. The average molecular weight is 342 g/mol. The van der Waals surface area contributed by atoms with Crippen LogP contribution in [-0.2, 0) is 27.2 Å². The van der Waals surface area contributed by atoms with E-state index in [2.05, 4.69) is 41.0 Å². The van der Waals surface area contributed by atoms with Crippen LogP contribution in [0.25, 0.3) is 0 Å². The summed E-state index contributed by atoms with van der Waals surface area (Å²) < 4.78 is 2.71. The van der Waals surface area contributed by atoms with Crippen molar-refractivity contribution in [3.63, 3.8) is 0 Å². The molecule has 0 bridgehead atoms. The molecule has 0 aliphatic carbocycles. The van der Waals surface area contributed by atoms with Gasteiger partial charge in [-0.1, -0.05) is 29.8 Å². The minimum atomic E-state index is -0.263. The van der Waals surface area contributed by atoms with Crippen molar-refractivity contribution in [2.75, 3.05) is 26.2 Å². The van der Waals surface area contributed by atoms with E-state index in [1.54, 1.807) is 17.7 Å². The number of hydrogen-bond acceptors (Lipinski definition) is 4. The molecule has 1 fully saturated rings. The Kier molecular flexibility index (Phi) is 5.20. The number of benzene rings is 1. The number of nitrogens with zero attached hydrogens (tertiary/aromatic N) is 4. The van der Waals surface area contributed by atoms with Gasteiger partial charge in [-0.2, -0.15) is 0 Å². The van der Waals surface area contributed by atoms with Crippen LogP contribution in [0.5, 0.6) is 0 Å². The van der Waals surface area contributed by atoms with Crippen molar-refractivity contribution in [3.8, 4) is 0 Å². The largest absolute Gasteiger partial charge is 0.330 e. The summed E-state index contributed by atoms with van der Waals surface area (Å²) in [6.45, 7) is 7.60. The zero-order valence-corrected chi connectivity index (χ0v) is 15.2. The summed E-state index contributed by atoms with van der Waals surface area (Å²) in [6, 6.07) is 10.2. The Labute approximate surface area is 147 Å². The van der Waals surface area contributed by atoms with E-state index in [0.717, 1.165) is 43.0 Å². The van der Waals surface area contributed by atoms with Crippen molar-refractivity contribution >= 4 is 0 Å². The van der Waals surface area contributed by atoms with Gasteiger partial charge in [0, 0.05) is 65.1 Å². The third kappa shape index (κ3) is 4.08. The molecular formula is C19H26N4O2. The zero-order valence-electron chi connectivity index (χ0n) is 15.2. The second kappa shape index (κ2) is 7.37. The van der Waals surface area contributed by atoms with Gasteiger partial charge >= 0.3 is 5.69 Å². The summed E-state index contributed by atoms with van der Waals surface area (Å²) >= 11 is 0. The molecule has 0 saturated carbocycles. The maximum absolute atomic E-state index is 12.0. The van der Waals surface area contributed by atoms with Gasteiger partial charge in [0.1, 0.15) is 0 Å². The molecule has 0 radical (unpaired) electrons. The first-order valence-corrected chi connectivity index (χ1v) is 8.70. The maximum atomic E-state index is 12.0. The molecule has 0 amide bonds. The zero-order chi connectivity index (χ0) is 18.0. The molecule has 1 saturated heterocycles. The molecular weight excluding hydrogens is 316 g/mol. The summed E-state index contributed by atoms with van der Waals surface area (Å²) in [6.07, 6.45) is 0. The molecule has 6 nitrogen and oxygen atoms in total. The fraction of sp³-hybridized carbons (Fsp3) is 0.474. The van der Waals surface area contributed by atoms with Gasteiger partial charge in [-0.3, -0.25) is 23.7 Å². The van der Waals surface area contributed by atoms with E-state index >= 15 is 0 Å². The van der Waals surface area contributed by atoms with Gasteiger partial charge in [0.15, 0.2) is 0 Å². The Morgan fingerprint density at radius 2 is 1.52 bits per heavy atom. The van der Waals surface area contributed by atoms with E-state index in [9.17, 15) is 9.59 Å². The monoisotopic (exact) mass is 342 g/mol. The van der Waals surface area contributed by atoms with Gasteiger partial charge in [-0.15, -0.1) is 0 Å². The fourth-order valence-electron chi connectivity index (χ4n) is 3.33. The van der Waals surface area contributed by atoms with Crippen LogP contribution in [0.15, 0.2) is 39.9 Å². The predicted octanol–water partition coefficient (Wildman–Crippen LogP) is 0.710. The highest BCUT2D eigenvalue weighted by molar-refractivity contribution is 5.22. The minimum Gasteiger partial charge on any atom is -0.299 e. The van der Waals surface area contributed by atoms with Crippen LogP contribution in [0.2, 0.25) is 0 Å². The van der Waals surface area contributed by atoms with Crippen molar-refractivity contribution in [1.82, 2.24) is 18.9 Å². The molecule has 25 heavy (non-hydrogen) atoms. The summed E-state index contributed by atoms with van der Waals surface area (Å²) in [5.41, 5.74) is 2.92. The molecule has 2 aromatic rings. The number of hydrogen-bond donors (Lipinski definition) is 0. The highest BCUT2D eigenvalue weighted by atomic mass is 16.2. The molecule has 134 valence electrons. The van der Waals surface area contributed by atoms with E-state index in [-0.39, 0.29) is 11.2 Å². The molecule has 6 heteroatoms. The third-order valence-corrected chi connectivity index (χ3v) is 4.96. The Bertz CT molecular complexity index is 860.